The highest BCUT2D eigenvalue weighted by atomic mass is 32.2. The van der Waals surface area contributed by atoms with Crippen molar-refractivity contribution in [2.75, 3.05) is 6.61 Å². The summed E-state index contributed by atoms with van der Waals surface area (Å²) < 4.78 is 34.7. The normalized spacial score (nSPS) is 14.2. The van der Waals surface area contributed by atoms with E-state index in [9.17, 15) is 8.42 Å². The molecule has 6 heteroatoms. The summed E-state index contributed by atoms with van der Waals surface area (Å²) in [6, 6.07) is 17.6. The van der Waals surface area contributed by atoms with E-state index in [0.717, 1.165) is 5.56 Å². The average Bonchev–Trinajstić information content (AvgIpc) is 2.59. The highest BCUT2D eigenvalue weighted by Gasteiger charge is 2.38. The van der Waals surface area contributed by atoms with Crippen molar-refractivity contribution in [1.82, 2.24) is 4.72 Å². The van der Waals surface area contributed by atoms with Crippen LogP contribution in [0.15, 0.2) is 65.6 Å². The second-order valence-electron chi connectivity index (χ2n) is 7.97. The molecule has 26 heavy (non-hydrogen) atoms. The second-order valence-corrected chi connectivity index (χ2v) is 14.5. The topological polar surface area (TPSA) is 55.4 Å². The van der Waals surface area contributed by atoms with Crippen LogP contribution < -0.4 is 4.72 Å². The van der Waals surface area contributed by atoms with Crippen LogP contribution in [0.5, 0.6) is 0 Å². The van der Waals surface area contributed by atoms with Crippen LogP contribution in [0.4, 0.5) is 0 Å². The Bertz CT molecular complexity index is 800. The van der Waals surface area contributed by atoms with E-state index in [1.54, 1.807) is 30.3 Å². The molecule has 2 aromatic carbocycles. The third-order valence-electron chi connectivity index (χ3n) is 4.97. The van der Waals surface area contributed by atoms with E-state index in [1.165, 1.54) is 0 Å². The number of hydrogen-bond acceptors (Lipinski definition) is 3. The molecule has 0 aromatic heterocycles. The molecule has 0 saturated heterocycles. The largest absolute Gasteiger partial charge is 0.415 e. The van der Waals surface area contributed by atoms with Crippen LogP contribution >= 0.6 is 0 Å². The highest BCUT2D eigenvalue weighted by molar-refractivity contribution is 7.89. The zero-order valence-electron chi connectivity index (χ0n) is 16.2. The smallest absolute Gasteiger partial charge is 0.241 e. The molecule has 0 radical (unpaired) electrons. The summed E-state index contributed by atoms with van der Waals surface area (Å²) >= 11 is 0. The van der Waals surface area contributed by atoms with E-state index >= 15 is 0 Å². The number of rotatable bonds is 7. The van der Waals surface area contributed by atoms with Crippen LogP contribution in [0, 0.1) is 0 Å². The molecule has 2 rings (SSSR count). The molecular weight excluding hydrogens is 362 g/mol. The molecule has 1 N–H and O–H groups in total. The molecule has 0 aliphatic heterocycles. The summed E-state index contributed by atoms with van der Waals surface area (Å²) in [5, 5.41) is 0.0620. The quantitative estimate of drug-likeness (QED) is 0.694. The van der Waals surface area contributed by atoms with Crippen molar-refractivity contribution in [3.63, 3.8) is 0 Å². The molecule has 0 aliphatic rings. The SMILES string of the molecule is CC(C)(C)[Si](C)(C)OC[C@H](NS(=O)(=O)c1ccccc1)c1ccccc1. The van der Waals surface area contributed by atoms with Gasteiger partial charge in [-0.25, -0.2) is 13.1 Å². The minimum atomic E-state index is -3.63. The van der Waals surface area contributed by atoms with Gasteiger partial charge in [0.1, 0.15) is 0 Å². The Hall–Kier alpha value is -1.47. The first-order chi connectivity index (χ1) is 12.0. The van der Waals surface area contributed by atoms with E-state index in [0.29, 0.717) is 6.61 Å². The van der Waals surface area contributed by atoms with Gasteiger partial charge in [0.2, 0.25) is 10.0 Å². The molecule has 1 atom stereocenters. The van der Waals surface area contributed by atoms with Gasteiger partial charge >= 0.3 is 0 Å². The lowest BCUT2D eigenvalue weighted by Gasteiger charge is -2.37. The molecule has 0 bridgehead atoms. The monoisotopic (exact) mass is 391 g/mol. The van der Waals surface area contributed by atoms with Crippen LogP contribution in [0.25, 0.3) is 0 Å². The van der Waals surface area contributed by atoms with Crippen molar-refractivity contribution >= 4 is 18.3 Å². The maximum atomic E-state index is 12.8. The summed E-state index contributed by atoms with van der Waals surface area (Å²) in [7, 11) is -5.62. The van der Waals surface area contributed by atoms with E-state index in [2.05, 4.69) is 38.6 Å². The van der Waals surface area contributed by atoms with Gasteiger partial charge in [0, 0.05) is 0 Å². The Labute approximate surface area is 158 Å². The molecule has 0 amide bonds. The standard InChI is InChI=1S/C20H29NO3SSi/c1-20(2,3)26(4,5)24-16-19(17-12-8-6-9-13-17)21-25(22,23)18-14-10-7-11-15-18/h6-15,19,21H,16H2,1-5H3/t19-/m0/s1. The van der Waals surface area contributed by atoms with Crippen molar-refractivity contribution < 1.29 is 12.8 Å². The molecule has 0 heterocycles. The average molecular weight is 392 g/mol. The van der Waals surface area contributed by atoms with Gasteiger partial charge in [-0.15, -0.1) is 0 Å². The van der Waals surface area contributed by atoms with Gasteiger partial charge in [-0.3, -0.25) is 0 Å². The molecule has 0 saturated carbocycles. The van der Waals surface area contributed by atoms with Gasteiger partial charge in [0.15, 0.2) is 8.32 Å². The minimum absolute atomic E-state index is 0.0620. The van der Waals surface area contributed by atoms with Gasteiger partial charge < -0.3 is 4.43 Å². The Morgan fingerprint density at radius 2 is 1.46 bits per heavy atom. The minimum Gasteiger partial charge on any atom is -0.415 e. The maximum Gasteiger partial charge on any atom is 0.241 e. The maximum absolute atomic E-state index is 12.8. The van der Waals surface area contributed by atoms with Gasteiger partial charge in [0.25, 0.3) is 0 Å². The Morgan fingerprint density at radius 1 is 0.962 bits per heavy atom. The van der Waals surface area contributed by atoms with Crippen molar-refractivity contribution in [1.29, 1.82) is 0 Å². The summed E-state index contributed by atoms with van der Waals surface area (Å²) in [6.07, 6.45) is 0. The predicted octanol–water partition coefficient (Wildman–Crippen LogP) is 4.73. The molecule has 0 spiro atoms. The summed E-state index contributed by atoms with van der Waals surface area (Å²) in [5.74, 6) is 0. The lowest BCUT2D eigenvalue weighted by molar-refractivity contribution is 0.256. The molecule has 142 valence electrons. The third-order valence-corrected chi connectivity index (χ3v) is 11.0. The predicted molar refractivity (Wildman–Crippen MR) is 109 cm³/mol. The first-order valence-corrected chi connectivity index (χ1v) is 13.2. The van der Waals surface area contributed by atoms with Crippen LogP contribution in [0.3, 0.4) is 0 Å². The van der Waals surface area contributed by atoms with Crippen LogP contribution in [-0.4, -0.2) is 23.3 Å². The van der Waals surface area contributed by atoms with Crippen molar-refractivity contribution in [2.45, 2.75) is 49.8 Å². The number of benzene rings is 2. The van der Waals surface area contributed by atoms with Crippen molar-refractivity contribution in [2.24, 2.45) is 0 Å². The van der Waals surface area contributed by atoms with Crippen molar-refractivity contribution in [3.05, 3.63) is 66.2 Å². The molecule has 2 aromatic rings. The van der Waals surface area contributed by atoms with E-state index in [1.807, 2.05) is 30.3 Å². The summed E-state index contributed by atoms with van der Waals surface area (Å²) in [6.45, 7) is 11.2. The summed E-state index contributed by atoms with van der Waals surface area (Å²) in [4.78, 5) is 0.258. The molecule has 4 nitrogen and oxygen atoms in total. The molecule has 0 fully saturated rings. The fourth-order valence-electron chi connectivity index (χ4n) is 2.25. The first kappa shape index (κ1) is 20.8. The van der Waals surface area contributed by atoms with Gasteiger partial charge in [0.05, 0.1) is 17.5 Å². The number of hydrogen-bond donors (Lipinski definition) is 1. The van der Waals surface area contributed by atoms with E-state index in [4.69, 9.17) is 4.43 Å². The third kappa shape index (κ3) is 5.27. The zero-order chi connectivity index (χ0) is 19.4. The lowest BCUT2D eigenvalue weighted by atomic mass is 10.1. The lowest BCUT2D eigenvalue weighted by Crippen LogP contribution is -2.43. The van der Waals surface area contributed by atoms with E-state index < -0.39 is 24.4 Å². The number of sulfonamides is 1. The van der Waals surface area contributed by atoms with Crippen LogP contribution in [0.1, 0.15) is 32.4 Å². The van der Waals surface area contributed by atoms with E-state index in [-0.39, 0.29) is 9.93 Å². The summed E-state index contributed by atoms with van der Waals surface area (Å²) in [5.41, 5.74) is 0.894. The fraction of sp³-hybridized carbons (Fsp3) is 0.400. The van der Waals surface area contributed by atoms with Gasteiger partial charge in [-0.05, 0) is 35.8 Å². The molecule has 0 unspecified atom stereocenters. The zero-order valence-corrected chi connectivity index (χ0v) is 18.0. The fourth-order valence-corrected chi connectivity index (χ4v) is 4.49. The Morgan fingerprint density at radius 3 is 1.96 bits per heavy atom. The van der Waals surface area contributed by atoms with Crippen LogP contribution in [0.2, 0.25) is 18.1 Å². The molecular formula is C20H29NO3SSi. The second kappa shape index (κ2) is 8.04. The first-order valence-electron chi connectivity index (χ1n) is 8.79. The van der Waals surface area contributed by atoms with Crippen LogP contribution in [-0.2, 0) is 14.4 Å². The Kier molecular flexibility index (Phi) is 6.45. The number of nitrogens with one attached hydrogen (secondary N) is 1. The Balaban J connectivity index is 2.26. The van der Waals surface area contributed by atoms with Crippen molar-refractivity contribution in [3.8, 4) is 0 Å². The van der Waals surface area contributed by atoms with Gasteiger partial charge in [-0.2, -0.15) is 0 Å². The highest BCUT2D eigenvalue weighted by Crippen LogP contribution is 2.37. The van der Waals surface area contributed by atoms with Gasteiger partial charge in [-0.1, -0.05) is 69.3 Å². The molecule has 0 aliphatic carbocycles.